The van der Waals surface area contributed by atoms with Gasteiger partial charge in [-0.25, -0.2) is 0 Å². The van der Waals surface area contributed by atoms with Gasteiger partial charge in [0.05, 0.1) is 0 Å². The van der Waals surface area contributed by atoms with E-state index in [1.165, 1.54) is 24.0 Å². The third-order valence-electron chi connectivity index (χ3n) is 4.74. The molecule has 0 spiro atoms. The van der Waals surface area contributed by atoms with Crippen molar-refractivity contribution in [3.05, 3.63) is 29.3 Å². The summed E-state index contributed by atoms with van der Waals surface area (Å²) in [5.41, 5.74) is 9.79. The summed E-state index contributed by atoms with van der Waals surface area (Å²) < 4.78 is 0. The minimum absolute atomic E-state index is 0.0956. The number of anilines is 1. The Bertz CT molecular complexity index is 498. The van der Waals surface area contributed by atoms with Crippen molar-refractivity contribution in [1.29, 1.82) is 0 Å². The molecule has 3 heteroatoms. The lowest BCUT2D eigenvalue weighted by atomic mass is 9.85. The average molecular weight is 272 g/mol. The Labute approximate surface area is 120 Å². The number of carbonyl (C=O) groups excluding carboxylic acids is 1. The maximum Gasteiger partial charge on any atom is 0.227 e. The number of aryl methyl sites for hydroxylation is 1. The molecule has 0 saturated heterocycles. The third kappa shape index (κ3) is 2.88. The third-order valence-corrected chi connectivity index (χ3v) is 4.74. The summed E-state index contributed by atoms with van der Waals surface area (Å²) in [4.78, 5) is 12.4. The first kappa shape index (κ1) is 13.6. The molecule has 1 amide bonds. The van der Waals surface area contributed by atoms with Crippen LogP contribution in [0.4, 0.5) is 5.69 Å². The summed E-state index contributed by atoms with van der Waals surface area (Å²) in [5, 5.41) is 3.17. The molecule has 2 unspecified atom stereocenters. The van der Waals surface area contributed by atoms with E-state index in [1.54, 1.807) is 0 Å². The van der Waals surface area contributed by atoms with E-state index in [9.17, 15) is 4.79 Å². The van der Waals surface area contributed by atoms with Gasteiger partial charge in [0.15, 0.2) is 0 Å². The van der Waals surface area contributed by atoms with Gasteiger partial charge in [-0.15, -0.1) is 0 Å². The smallest absolute Gasteiger partial charge is 0.227 e. The molecule has 2 aliphatic rings. The highest BCUT2D eigenvalue weighted by Gasteiger charge is 2.26. The second-order valence-electron chi connectivity index (χ2n) is 6.26. The van der Waals surface area contributed by atoms with Gasteiger partial charge in [-0.05, 0) is 62.1 Å². The first-order valence-corrected chi connectivity index (χ1v) is 7.91. The monoisotopic (exact) mass is 272 g/mol. The number of fused-ring (bicyclic) bond motifs is 1. The van der Waals surface area contributed by atoms with Crippen LogP contribution >= 0.6 is 0 Å². The number of rotatable bonds is 2. The molecule has 20 heavy (non-hydrogen) atoms. The number of benzene rings is 1. The molecule has 0 aromatic heterocycles. The molecule has 0 radical (unpaired) electrons. The van der Waals surface area contributed by atoms with E-state index in [1.807, 2.05) is 6.07 Å². The Morgan fingerprint density at radius 1 is 1.15 bits per heavy atom. The van der Waals surface area contributed by atoms with Crippen molar-refractivity contribution in [3.8, 4) is 0 Å². The van der Waals surface area contributed by atoms with Crippen LogP contribution in [0, 0.1) is 5.92 Å². The molecule has 3 rings (SSSR count). The zero-order chi connectivity index (χ0) is 13.9. The van der Waals surface area contributed by atoms with Crippen LogP contribution in [0.1, 0.15) is 49.7 Å². The lowest BCUT2D eigenvalue weighted by Crippen LogP contribution is -2.34. The minimum Gasteiger partial charge on any atom is -0.328 e. The zero-order valence-corrected chi connectivity index (χ0v) is 12.0. The van der Waals surface area contributed by atoms with Crippen molar-refractivity contribution >= 4 is 11.6 Å². The van der Waals surface area contributed by atoms with E-state index < -0.39 is 0 Å². The van der Waals surface area contributed by atoms with Gasteiger partial charge in [-0.2, -0.15) is 0 Å². The molecule has 1 fully saturated rings. The largest absolute Gasteiger partial charge is 0.328 e. The van der Waals surface area contributed by atoms with Crippen molar-refractivity contribution in [1.82, 2.24) is 0 Å². The first-order chi connectivity index (χ1) is 9.74. The normalized spacial score (nSPS) is 25.9. The number of nitrogens with two attached hydrogens (primary N) is 1. The molecule has 3 N–H and O–H groups in total. The molecule has 2 aliphatic carbocycles. The van der Waals surface area contributed by atoms with Crippen LogP contribution in [-0.2, 0) is 17.6 Å². The van der Waals surface area contributed by atoms with Crippen molar-refractivity contribution in [2.45, 2.75) is 57.4 Å². The minimum atomic E-state index is 0.0956. The second-order valence-corrected chi connectivity index (χ2v) is 6.26. The molecule has 0 aliphatic heterocycles. The molecular formula is C17H24N2O. The SMILES string of the molecule is NC1CCCC(C(=O)Nc2cccc3c2CCCC3)C1. The van der Waals surface area contributed by atoms with Gasteiger partial charge in [0.2, 0.25) is 5.91 Å². The number of nitrogens with one attached hydrogen (secondary N) is 1. The maximum atomic E-state index is 12.4. The molecular weight excluding hydrogens is 248 g/mol. The van der Waals surface area contributed by atoms with Crippen molar-refractivity contribution < 1.29 is 4.79 Å². The topological polar surface area (TPSA) is 55.1 Å². The Hall–Kier alpha value is -1.35. The van der Waals surface area contributed by atoms with Gasteiger partial charge >= 0.3 is 0 Å². The Kier molecular flexibility index (Phi) is 4.06. The van der Waals surface area contributed by atoms with Crippen molar-refractivity contribution in [3.63, 3.8) is 0 Å². The second kappa shape index (κ2) is 5.96. The maximum absolute atomic E-state index is 12.4. The Morgan fingerprint density at radius 3 is 2.85 bits per heavy atom. The lowest BCUT2D eigenvalue weighted by Gasteiger charge is -2.26. The lowest BCUT2D eigenvalue weighted by molar-refractivity contribution is -0.120. The summed E-state index contributed by atoms with van der Waals surface area (Å²) in [6.07, 6.45) is 8.69. The van der Waals surface area contributed by atoms with Gasteiger partial charge in [-0.3, -0.25) is 4.79 Å². The predicted octanol–water partition coefficient (Wildman–Crippen LogP) is 3.02. The first-order valence-electron chi connectivity index (χ1n) is 7.91. The number of hydrogen-bond acceptors (Lipinski definition) is 2. The van der Waals surface area contributed by atoms with Crippen LogP contribution in [0.25, 0.3) is 0 Å². The van der Waals surface area contributed by atoms with Gasteiger partial charge in [-0.1, -0.05) is 18.6 Å². The van der Waals surface area contributed by atoms with Gasteiger partial charge in [0.25, 0.3) is 0 Å². The van der Waals surface area contributed by atoms with Crippen LogP contribution in [0.15, 0.2) is 18.2 Å². The summed E-state index contributed by atoms with van der Waals surface area (Å²) in [7, 11) is 0. The number of carbonyl (C=O) groups is 1. The van der Waals surface area contributed by atoms with E-state index in [-0.39, 0.29) is 17.9 Å². The fourth-order valence-corrected chi connectivity index (χ4v) is 3.60. The average Bonchev–Trinajstić information content (AvgIpc) is 2.47. The summed E-state index contributed by atoms with van der Waals surface area (Å²) in [5.74, 6) is 0.261. The van der Waals surface area contributed by atoms with E-state index >= 15 is 0 Å². The van der Waals surface area contributed by atoms with E-state index in [2.05, 4.69) is 17.4 Å². The van der Waals surface area contributed by atoms with Crippen LogP contribution in [0.5, 0.6) is 0 Å². The van der Waals surface area contributed by atoms with Gasteiger partial charge in [0, 0.05) is 17.6 Å². The standard InChI is InChI=1S/C17H24N2O/c18-14-8-3-7-13(11-14)17(20)19-16-10-4-6-12-5-1-2-9-15(12)16/h4,6,10,13-14H,1-3,5,7-9,11,18H2,(H,19,20). The molecule has 3 nitrogen and oxygen atoms in total. The van der Waals surface area contributed by atoms with E-state index in [4.69, 9.17) is 5.73 Å². The molecule has 0 heterocycles. The van der Waals surface area contributed by atoms with Gasteiger partial charge in [0.1, 0.15) is 0 Å². The zero-order valence-electron chi connectivity index (χ0n) is 12.0. The highest BCUT2D eigenvalue weighted by Crippen LogP contribution is 2.29. The van der Waals surface area contributed by atoms with Crippen LogP contribution in [0.2, 0.25) is 0 Å². The molecule has 0 bridgehead atoms. The Morgan fingerprint density at radius 2 is 2.00 bits per heavy atom. The molecule has 108 valence electrons. The molecule has 1 aromatic rings. The number of amides is 1. The summed E-state index contributed by atoms with van der Waals surface area (Å²) in [6.45, 7) is 0. The summed E-state index contributed by atoms with van der Waals surface area (Å²) in [6, 6.07) is 6.50. The highest BCUT2D eigenvalue weighted by atomic mass is 16.1. The van der Waals surface area contributed by atoms with Crippen molar-refractivity contribution in [2.24, 2.45) is 11.7 Å². The molecule has 2 atom stereocenters. The van der Waals surface area contributed by atoms with Crippen LogP contribution in [-0.4, -0.2) is 11.9 Å². The van der Waals surface area contributed by atoms with Crippen LogP contribution < -0.4 is 11.1 Å². The summed E-state index contributed by atoms with van der Waals surface area (Å²) >= 11 is 0. The fraction of sp³-hybridized carbons (Fsp3) is 0.588. The van der Waals surface area contributed by atoms with Crippen molar-refractivity contribution in [2.75, 3.05) is 5.32 Å². The van der Waals surface area contributed by atoms with E-state index in [0.717, 1.165) is 44.2 Å². The Balaban J connectivity index is 1.72. The van der Waals surface area contributed by atoms with Gasteiger partial charge < -0.3 is 11.1 Å². The fourth-order valence-electron chi connectivity index (χ4n) is 3.60. The quantitative estimate of drug-likeness (QED) is 0.869. The predicted molar refractivity (Wildman–Crippen MR) is 81.6 cm³/mol. The van der Waals surface area contributed by atoms with Crippen LogP contribution in [0.3, 0.4) is 0 Å². The molecule has 1 saturated carbocycles. The number of hydrogen-bond donors (Lipinski definition) is 2. The highest BCUT2D eigenvalue weighted by molar-refractivity contribution is 5.93. The van der Waals surface area contributed by atoms with E-state index in [0.29, 0.717) is 0 Å². The molecule has 1 aromatic carbocycles.